The number of para-hydroxylation sites is 1. The van der Waals surface area contributed by atoms with Crippen molar-refractivity contribution in [2.24, 2.45) is 10.2 Å². The van der Waals surface area contributed by atoms with Crippen LogP contribution < -0.4 is 4.74 Å². The van der Waals surface area contributed by atoms with Crippen molar-refractivity contribution in [1.29, 1.82) is 0 Å². The molecule has 0 spiro atoms. The van der Waals surface area contributed by atoms with Gasteiger partial charge in [0.1, 0.15) is 17.1 Å². The Morgan fingerprint density at radius 3 is 2.83 bits per heavy atom. The van der Waals surface area contributed by atoms with E-state index in [2.05, 4.69) is 15.2 Å². The normalized spacial score (nSPS) is 11.2. The molecule has 1 N–H and O–H groups in total. The molecule has 3 aromatic rings. The zero-order chi connectivity index (χ0) is 17.1. The highest BCUT2D eigenvalue weighted by Gasteiger charge is 2.18. The van der Waals surface area contributed by atoms with Crippen LogP contribution in [0.3, 0.4) is 0 Å². The minimum absolute atomic E-state index is 0.0892. The SMILES string of the molecule is CCOc1ccccc1N=Nc1c(C(=O)O)nc2ccc(Cl)cn12. The second-order valence-electron chi connectivity index (χ2n) is 4.77. The summed E-state index contributed by atoms with van der Waals surface area (Å²) >= 11 is 5.97. The molecule has 0 amide bonds. The molecule has 0 aliphatic rings. The largest absolute Gasteiger partial charge is 0.492 e. The van der Waals surface area contributed by atoms with Crippen LogP contribution >= 0.6 is 11.6 Å². The zero-order valence-electron chi connectivity index (χ0n) is 12.7. The Labute approximate surface area is 142 Å². The molecule has 7 nitrogen and oxygen atoms in total. The van der Waals surface area contributed by atoms with Crippen LogP contribution in [-0.2, 0) is 0 Å². The van der Waals surface area contributed by atoms with E-state index in [-0.39, 0.29) is 11.5 Å². The van der Waals surface area contributed by atoms with Gasteiger partial charge in [-0.15, -0.1) is 10.2 Å². The maximum absolute atomic E-state index is 11.4. The molecular weight excluding hydrogens is 332 g/mol. The number of rotatable bonds is 5. The Morgan fingerprint density at radius 1 is 1.29 bits per heavy atom. The summed E-state index contributed by atoms with van der Waals surface area (Å²) in [4.78, 5) is 15.5. The first kappa shape index (κ1) is 15.9. The summed E-state index contributed by atoms with van der Waals surface area (Å²) in [5, 5.41) is 18.0. The number of carboxylic acids is 1. The fraction of sp³-hybridized carbons (Fsp3) is 0.125. The van der Waals surface area contributed by atoms with Gasteiger partial charge < -0.3 is 9.84 Å². The molecule has 0 radical (unpaired) electrons. The minimum atomic E-state index is -1.19. The van der Waals surface area contributed by atoms with Crippen molar-refractivity contribution in [3.8, 4) is 5.75 Å². The van der Waals surface area contributed by atoms with Gasteiger partial charge in [0.05, 0.1) is 11.6 Å². The molecule has 0 saturated heterocycles. The van der Waals surface area contributed by atoms with Crippen LogP contribution in [0.1, 0.15) is 17.4 Å². The number of nitrogens with zero attached hydrogens (tertiary/aromatic N) is 4. The second kappa shape index (κ2) is 6.67. The van der Waals surface area contributed by atoms with Crippen LogP contribution in [-0.4, -0.2) is 27.1 Å². The number of fused-ring (bicyclic) bond motifs is 1. The number of azo groups is 1. The van der Waals surface area contributed by atoms with Gasteiger partial charge in [0, 0.05) is 6.20 Å². The van der Waals surface area contributed by atoms with Crippen LogP contribution in [0.15, 0.2) is 52.8 Å². The average molecular weight is 345 g/mol. The van der Waals surface area contributed by atoms with Crippen LogP contribution in [0.4, 0.5) is 11.5 Å². The fourth-order valence-corrected chi connectivity index (χ4v) is 2.32. The van der Waals surface area contributed by atoms with Crippen LogP contribution in [0, 0.1) is 0 Å². The van der Waals surface area contributed by atoms with E-state index >= 15 is 0 Å². The molecule has 0 aliphatic carbocycles. The standard InChI is InChI=1S/C16H13ClN4O3/c1-2-24-12-6-4-3-5-11(12)19-20-15-14(16(22)23)18-13-8-7-10(17)9-21(13)15/h3-9H,2H2,1H3,(H,22,23). The second-order valence-corrected chi connectivity index (χ2v) is 5.20. The molecule has 122 valence electrons. The van der Waals surface area contributed by atoms with Crippen molar-refractivity contribution in [3.63, 3.8) is 0 Å². The van der Waals surface area contributed by atoms with Gasteiger partial charge in [-0.3, -0.25) is 4.40 Å². The molecule has 0 bridgehead atoms. The Hall–Kier alpha value is -2.93. The quantitative estimate of drug-likeness (QED) is 0.690. The van der Waals surface area contributed by atoms with Gasteiger partial charge >= 0.3 is 5.97 Å². The van der Waals surface area contributed by atoms with E-state index in [1.807, 2.05) is 13.0 Å². The Bertz CT molecular complexity index is 936. The molecule has 24 heavy (non-hydrogen) atoms. The number of imidazole rings is 1. The third kappa shape index (κ3) is 3.07. The summed E-state index contributed by atoms with van der Waals surface area (Å²) in [6, 6.07) is 10.3. The lowest BCUT2D eigenvalue weighted by Crippen LogP contribution is -1.96. The van der Waals surface area contributed by atoms with Crippen LogP contribution in [0.2, 0.25) is 5.02 Å². The highest BCUT2D eigenvalue weighted by molar-refractivity contribution is 6.30. The number of carboxylic acid groups (broad SMARTS) is 1. The highest BCUT2D eigenvalue weighted by Crippen LogP contribution is 2.30. The summed E-state index contributed by atoms with van der Waals surface area (Å²) < 4.78 is 6.96. The van der Waals surface area contributed by atoms with Crippen molar-refractivity contribution < 1.29 is 14.6 Å². The zero-order valence-corrected chi connectivity index (χ0v) is 13.4. The van der Waals surface area contributed by atoms with Crippen molar-refractivity contribution in [2.75, 3.05) is 6.61 Å². The summed E-state index contributed by atoms with van der Waals surface area (Å²) in [5.74, 6) is -0.541. The number of ether oxygens (including phenoxy) is 1. The van der Waals surface area contributed by atoms with E-state index in [1.165, 1.54) is 4.40 Å². The summed E-state index contributed by atoms with van der Waals surface area (Å²) in [5.41, 5.74) is 0.714. The van der Waals surface area contributed by atoms with Crippen LogP contribution in [0.25, 0.3) is 5.65 Å². The molecular formula is C16H13ClN4O3. The number of hydrogen-bond donors (Lipinski definition) is 1. The monoisotopic (exact) mass is 344 g/mol. The first-order valence-corrected chi connectivity index (χ1v) is 7.52. The van der Waals surface area contributed by atoms with Gasteiger partial charge in [0.15, 0.2) is 11.5 Å². The molecule has 1 aromatic carbocycles. The Morgan fingerprint density at radius 2 is 2.08 bits per heavy atom. The van der Waals surface area contributed by atoms with Crippen molar-refractivity contribution in [1.82, 2.24) is 9.38 Å². The van der Waals surface area contributed by atoms with E-state index in [1.54, 1.807) is 36.5 Å². The van der Waals surface area contributed by atoms with E-state index in [0.29, 0.717) is 28.7 Å². The van der Waals surface area contributed by atoms with Gasteiger partial charge in [0.25, 0.3) is 0 Å². The number of benzene rings is 1. The summed E-state index contributed by atoms with van der Waals surface area (Å²) in [7, 11) is 0. The molecule has 2 aromatic heterocycles. The molecule has 0 atom stereocenters. The third-order valence-electron chi connectivity index (χ3n) is 3.18. The maximum Gasteiger partial charge on any atom is 0.358 e. The summed E-state index contributed by atoms with van der Waals surface area (Å²) in [6.07, 6.45) is 1.54. The molecule has 8 heteroatoms. The minimum Gasteiger partial charge on any atom is -0.492 e. The lowest BCUT2D eigenvalue weighted by atomic mass is 10.3. The van der Waals surface area contributed by atoms with E-state index in [4.69, 9.17) is 16.3 Å². The topological polar surface area (TPSA) is 88.5 Å². The molecule has 2 heterocycles. The first-order valence-electron chi connectivity index (χ1n) is 7.14. The first-order chi connectivity index (χ1) is 11.6. The highest BCUT2D eigenvalue weighted by atomic mass is 35.5. The van der Waals surface area contributed by atoms with Crippen LogP contribution in [0.5, 0.6) is 5.75 Å². The van der Waals surface area contributed by atoms with Crippen molar-refractivity contribution in [2.45, 2.75) is 6.92 Å². The number of halogens is 1. The number of aromatic nitrogens is 2. The molecule has 0 saturated carbocycles. The lowest BCUT2D eigenvalue weighted by Gasteiger charge is -2.04. The molecule has 0 aliphatic heterocycles. The smallest absolute Gasteiger partial charge is 0.358 e. The van der Waals surface area contributed by atoms with E-state index in [0.717, 1.165) is 0 Å². The fourth-order valence-electron chi connectivity index (χ4n) is 2.16. The van der Waals surface area contributed by atoms with Gasteiger partial charge in [-0.05, 0) is 31.2 Å². The maximum atomic E-state index is 11.4. The van der Waals surface area contributed by atoms with E-state index < -0.39 is 5.97 Å². The van der Waals surface area contributed by atoms with E-state index in [9.17, 15) is 9.90 Å². The molecule has 3 rings (SSSR count). The number of carbonyl (C=O) groups is 1. The predicted molar refractivity (Wildman–Crippen MR) is 88.9 cm³/mol. The van der Waals surface area contributed by atoms with Crippen molar-refractivity contribution >= 4 is 34.7 Å². The predicted octanol–water partition coefficient (Wildman–Crippen LogP) is 4.50. The van der Waals surface area contributed by atoms with Gasteiger partial charge in [-0.25, -0.2) is 9.78 Å². The number of pyridine rings is 1. The number of aromatic carboxylic acids is 1. The average Bonchev–Trinajstić information content (AvgIpc) is 2.92. The Kier molecular flexibility index (Phi) is 4.43. The summed E-state index contributed by atoms with van der Waals surface area (Å²) in [6.45, 7) is 2.35. The Balaban J connectivity index is 2.11. The van der Waals surface area contributed by atoms with Gasteiger partial charge in [-0.2, -0.15) is 0 Å². The van der Waals surface area contributed by atoms with Gasteiger partial charge in [-0.1, -0.05) is 23.7 Å². The lowest BCUT2D eigenvalue weighted by molar-refractivity contribution is 0.0692. The number of hydrogen-bond acceptors (Lipinski definition) is 5. The molecule has 0 fully saturated rings. The molecule has 0 unspecified atom stereocenters. The third-order valence-corrected chi connectivity index (χ3v) is 3.40. The van der Waals surface area contributed by atoms with Crippen molar-refractivity contribution in [3.05, 3.63) is 53.3 Å². The van der Waals surface area contributed by atoms with Gasteiger partial charge in [0.2, 0.25) is 0 Å².